The Labute approximate surface area is 105 Å². The van der Waals surface area contributed by atoms with Gasteiger partial charge in [-0.3, -0.25) is 9.59 Å². The summed E-state index contributed by atoms with van der Waals surface area (Å²) in [5, 5.41) is 2.56. The van der Waals surface area contributed by atoms with Gasteiger partial charge in [-0.25, -0.2) is 12.7 Å². The van der Waals surface area contributed by atoms with Crippen molar-refractivity contribution >= 4 is 33.2 Å². The second-order valence-corrected chi connectivity index (χ2v) is 5.89. The van der Waals surface area contributed by atoms with E-state index in [0.717, 1.165) is 4.31 Å². The monoisotopic (exact) mass is 268 g/mol. The van der Waals surface area contributed by atoms with Crippen LogP contribution >= 0.6 is 0 Å². The molecule has 2 rings (SSSR count). The van der Waals surface area contributed by atoms with Gasteiger partial charge in [0.05, 0.1) is 11.4 Å². The van der Waals surface area contributed by atoms with Crippen molar-refractivity contribution in [1.29, 1.82) is 0 Å². The molecule has 6 nitrogen and oxygen atoms in total. The molecule has 18 heavy (non-hydrogen) atoms. The molecule has 1 saturated heterocycles. The number of carbonyl (C=O) groups is 2. The van der Waals surface area contributed by atoms with Crippen molar-refractivity contribution in [2.24, 2.45) is 0 Å². The minimum Gasteiger partial charge on any atom is -0.326 e. The van der Waals surface area contributed by atoms with Gasteiger partial charge < -0.3 is 5.32 Å². The summed E-state index contributed by atoms with van der Waals surface area (Å²) < 4.78 is 24.2. The number of nitrogens with one attached hydrogen (secondary N) is 1. The van der Waals surface area contributed by atoms with Gasteiger partial charge in [0.2, 0.25) is 21.8 Å². The van der Waals surface area contributed by atoms with Crippen LogP contribution in [0.1, 0.15) is 13.3 Å². The average Bonchev–Trinajstić information content (AvgIpc) is 2.54. The Morgan fingerprint density at radius 2 is 1.89 bits per heavy atom. The van der Waals surface area contributed by atoms with Crippen LogP contribution in [0, 0.1) is 0 Å². The van der Waals surface area contributed by atoms with E-state index in [1.54, 1.807) is 12.1 Å². The normalized spacial score (nSPS) is 17.8. The molecule has 1 N–H and O–H groups in total. The number of hydrogen-bond acceptors (Lipinski definition) is 4. The quantitative estimate of drug-likeness (QED) is 0.856. The molecule has 7 heteroatoms. The lowest BCUT2D eigenvalue weighted by molar-refractivity contribution is -0.116. The molecule has 0 aliphatic carbocycles. The predicted octanol–water partition coefficient (Wildman–Crippen LogP) is 0.712. The highest BCUT2D eigenvalue weighted by molar-refractivity contribution is 7.94. The van der Waals surface area contributed by atoms with E-state index in [-0.39, 0.29) is 18.1 Å². The summed E-state index contributed by atoms with van der Waals surface area (Å²) in [4.78, 5) is 22.4. The maximum Gasteiger partial charge on any atom is 0.242 e. The van der Waals surface area contributed by atoms with Gasteiger partial charge in [-0.2, -0.15) is 0 Å². The minimum atomic E-state index is -3.53. The Balaban J connectivity index is 2.29. The largest absolute Gasteiger partial charge is 0.326 e. The fourth-order valence-corrected chi connectivity index (χ4v) is 3.21. The number of sulfonamides is 1. The average molecular weight is 268 g/mol. The SMILES string of the molecule is CC(=O)Nc1ccc(N2C(=O)CCS2(=O)=O)cc1. The van der Waals surface area contributed by atoms with Crippen LogP contribution in [0.15, 0.2) is 24.3 Å². The highest BCUT2D eigenvalue weighted by atomic mass is 32.2. The van der Waals surface area contributed by atoms with Crippen LogP contribution in [-0.4, -0.2) is 26.0 Å². The van der Waals surface area contributed by atoms with E-state index in [0.29, 0.717) is 11.4 Å². The van der Waals surface area contributed by atoms with Gasteiger partial charge in [0.1, 0.15) is 0 Å². The van der Waals surface area contributed by atoms with E-state index in [1.165, 1.54) is 19.1 Å². The Kier molecular flexibility index (Phi) is 3.08. The first-order valence-corrected chi connectivity index (χ1v) is 6.94. The van der Waals surface area contributed by atoms with Crippen LogP contribution in [0.2, 0.25) is 0 Å². The predicted molar refractivity (Wildman–Crippen MR) is 66.6 cm³/mol. The molecule has 2 amide bonds. The maximum absolute atomic E-state index is 11.7. The number of carbonyl (C=O) groups excluding carboxylic acids is 2. The molecule has 0 saturated carbocycles. The Bertz CT molecular complexity index is 592. The first kappa shape index (κ1) is 12.6. The first-order valence-electron chi connectivity index (χ1n) is 5.33. The molecule has 1 aliphatic rings. The molecule has 1 fully saturated rings. The molecule has 1 heterocycles. The van der Waals surface area contributed by atoms with Crippen LogP contribution in [-0.2, 0) is 19.6 Å². The standard InChI is InChI=1S/C11H12N2O4S/c1-8(14)12-9-2-4-10(5-3-9)13-11(15)6-7-18(13,16)17/h2-5H,6-7H2,1H3,(H,12,14). The van der Waals surface area contributed by atoms with E-state index in [4.69, 9.17) is 0 Å². The van der Waals surface area contributed by atoms with Crippen molar-refractivity contribution in [3.8, 4) is 0 Å². The number of amides is 2. The number of nitrogens with zero attached hydrogens (tertiary/aromatic N) is 1. The van der Waals surface area contributed by atoms with Crippen LogP contribution in [0.4, 0.5) is 11.4 Å². The van der Waals surface area contributed by atoms with E-state index in [2.05, 4.69) is 5.32 Å². The van der Waals surface area contributed by atoms with Crippen molar-refractivity contribution in [1.82, 2.24) is 0 Å². The van der Waals surface area contributed by atoms with Gasteiger partial charge in [0.15, 0.2) is 0 Å². The molecule has 0 spiro atoms. The van der Waals surface area contributed by atoms with Crippen molar-refractivity contribution in [3.63, 3.8) is 0 Å². The van der Waals surface area contributed by atoms with E-state index < -0.39 is 15.9 Å². The highest BCUT2D eigenvalue weighted by Crippen LogP contribution is 2.26. The van der Waals surface area contributed by atoms with E-state index >= 15 is 0 Å². The van der Waals surface area contributed by atoms with Gasteiger partial charge >= 0.3 is 0 Å². The molecule has 1 aromatic carbocycles. The zero-order valence-electron chi connectivity index (χ0n) is 9.71. The fourth-order valence-electron chi connectivity index (χ4n) is 1.75. The fraction of sp³-hybridized carbons (Fsp3) is 0.273. The summed E-state index contributed by atoms with van der Waals surface area (Å²) in [5.41, 5.74) is 0.849. The molecule has 0 unspecified atom stereocenters. The Hall–Kier alpha value is -1.89. The number of hydrogen-bond donors (Lipinski definition) is 1. The molecule has 0 radical (unpaired) electrons. The smallest absolute Gasteiger partial charge is 0.242 e. The zero-order valence-corrected chi connectivity index (χ0v) is 10.5. The molecular weight excluding hydrogens is 256 g/mol. The van der Waals surface area contributed by atoms with Crippen LogP contribution in [0.5, 0.6) is 0 Å². The number of anilines is 2. The van der Waals surface area contributed by atoms with Gasteiger partial charge in [0, 0.05) is 19.0 Å². The van der Waals surface area contributed by atoms with Gasteiger partial charge in [-0.1, -0.05) is 0 Å². The topological polar surface area (TPSA) is 83.6 Å². The van der Waals surface area contributed by atoms with Gasteiger partial charge in [-0.15, -0.1) is 0 Å². The molecular formula is C11H12N2O4S. The minimum absolute atomic E-state index is 0.00970. The maximum atomic E-state index is 11.7. The van der Waals surface area contributed by atoms with Crippen molar-refractivity contribution in [3.05, 3.63) is 24.3 Å². The molecule has 0 atom stereocenters. The highest BCUT2D eigenvalue weighted by Gasteiger charge is 2.36. The third-order valence-corrected chi connectivity index (χ3v) is 4.19. The summed E-state index contributed by atoms with van der Waals surface area (Å²) in [5.74, 6) is -0.797. The third-order valence-electron chi connectivity index (χ3n) is 2.50. The molecule has 96 valence electrons. The van der Waals surface area contributed by atoms with Crippen LogP contribution in [0.25, 0.3) is 0 Å². The lowest BCUT2D eigenvalue weighted by atomic mass is 10.2. The van der Waals surface area contributed by atoms with Crippen LogP contribution < -0.4 is 9.62 Å². The first-order chi connectivity index (χ1) is 8.40. The summed E-state index contributed by atoms with van der Waals surface area (Å²) in [7, 11) is -3.53. The number of rotatable bonds is 2. The van der Waals surface area contributed by atoms with Crippen molar-refractivity contribution in [2.75, 3.05) is 15.4 Å². The summed E-state index contributed by atoms with van der Waals surface area (Å²) >= 11 is 0. The number of benzene rings is 1. The van der Waals surface area contributed by atoms with E-state index in [1.807, 2.05) is 0 Å². The summed E-state index contributed by atoms with van der Waals surface area (Å²) in [6, 6.07) is 6.09. The summed E-state index contributed by atoms with van der Waals surface area (Å²) in [6.07, 6.45) is 0.00970. The van der Waals surface area contributed by atoms with Crippen molar-refractivity contribution in [2.45, 2.75) is 13.3 Å². The third kappa shape index (κ3) is 2.35. The molecule has 1 aliphatic heterocycles. The Morgan fingerprint density at radius 3 is 2.33 bits per heavy atom. The van der Waals surface area contributed by atoms with Crippen LogP contribution in [0.3, 0.4) is 0 Å². The summed E-state index contributed by atoms with van der Waals surface area (Å²) in [6.45, 7) is 1.38. The van der Waals surface area contributed by atoms with E-state index in [9.17, 15) is 18.0 Å². The molecule has 0 bridgehead atoms. The molecule has 1 aromatic rings. The second-order valence-electron chi connectivity index (χ2n) is 3.95. The Morgan fingerprint density at radius 1 is 1.28 bits per heavy atom. The van der Waals surface area contributed by atoms with Crippen molar-refractivity contribution < 1.29 is 18.0 Å². The van der Waals surface area contributed by atoms with Gasteiger partial charge in [-0.05, 0) is 24.3 Å². The zero-order chi connectivity index (χ0) is 13.3. The lowest BCUT2D eigenvalue weighted by Crippen LogP contribution is -2.29. The van der Waals surface area contributed by atoms with Gasteiger partial charge in [0.25, 0.3) is 0 Å². The molecule has 0 aromatic heterocycles. The second kappa shape index (κ2) is 4.41. The lowest BCUT2D eigenvalue weighted by Gasteiger charge is -2.15.